The number of benzene rings is 3. The summed E-state index contributed by atoms with van der Waals surface area (Å²) in [7, 11) is 0. The van der Waals surface area contributed by atoms with E-state index < -0.39 is 11.6 Å². The van der Waals surface area contributed by atoms with Crippen LogP contribution in [0.1, 0.15) is 72.7 Å². The van der Waals surface area contributed by atoms with Gasteiger partial charge in [-0.2, -0.15) is 0 Å². The molecule has 3 aromatic carbocycles. The zero-order valence-electron chi connectivity index (χ0n) is 23.1. The number of aryl methyl sites for hydroxylation is 3. The van der Waals surface area contributed by atoms with E-state index in [-0.39, 0.29) is 16.4 Å². The molecule has 0 saturated heterocycles. The monoisotopic (exact) mass is 573 g/mol. The fraction of sp³-hybridized carbons (Fsp3) is 0.353. The number of carbonyl (C=O) groups is 1. The minimum Gasteiger partial charge on any atom is -0.481 e. The number of aromatic nitrogens is 1. The van der Waals surface area contributed by atoms with Gasteiger partial charge in [-0.05, 0) is 92.8 Å². The van der Waals surface area contributed by atoms with E-state index in [0.29, 0.717) is 5.02 Å². The maximum atomic E-state index is 11.6. The highest BCUT2D eigenvalue weighted by Crippen LogP contribution is 2.57. The van der Waals surface area contributed by atoms with Gasteiger partial charge in [-0.25, -0.2) is 0 Å². The Kier molecular flexibility index (Phi) is 8.55. The molecule has 40 heavy (non-hydrogen) atoms. The Labute approximate surface area is 245 Å². The van der Waals surface area contributed by atoms with E-state index in [1.165, 1.54) is 11.1 Å². The molecule has 208 valence electrons. The number of aliphatic carboxylic acids is 1. The molecule has 4 aromatic rings. The van der Waals surface area contributed by atoms with Crippen LogP contribution >= 0.6 is 23.4 Å². The van der Waals surface area contributed by atoms with Crippen molar-refractivity contribution in [3.8, 4) is 0 Å². The van der Waals surface area contributed by atoms with Gasteiger partial charge in [-0.1, -0.05) is 72.3 Å². The quantitative estimate of drug-likeness (QED) is 0.178. The van der Waals surface area contributed by atoms with Crippen molar-refractivity contribution in [3.63, 3.8) is 0 Å². The summed E-state index contributed by atoms with van der Waals surface area (Å²) in [5, 5.41) is 22.2. The lowest BCUT2D eigenvalue weighted by atomic mass is 9.90. The van der Waals surface area contributed by atoms with E-state index in [2.05, 4.69) is 42.5 Å². The van der Waals surface area contributed by atoms with Crippen molar-refractivity contribution in [2.45, 2.75) is 74.4 Å². The van der Waals surface area contributed by atoms with Crippen molar-refractivity contribution in [3.05, 3.63) is 112 Å². The van der Waals surface area contributed by atoms with Crippen LogP contribution in [0.15, 0.2) is 78.9 Å². The highest BCUT2D eigenvalue weighted by molar-refractivity contribution is 8.01. The van der Waals surface area contributed by atoms with Crippen LogP contribution in [0.3, 0.4) is 0 Å². The average molecular weight is 574 g/mol. The van der Waals surface area contributed by atoms with Gasteiger partial charge in [-0.15, -0.1) is 11.8 Å². The first kappa shape index (κ1) is 28.7. The third-order valence-electron chi connectivity index (χ3n) is 7.73. The van der Waals surface area contributed by atoms with Crippen LogP contribution in [0.25, 0.3) is 10.9 Å². The summed E-state index contributed by atoms with van der Waals surface area (Å²) in [6.45, 7) is 3.65. The minimum atomic E-state index is -0.914. The second-order valence-electron chi connectivity index (χ2n) is 11.5. The molecule has 0 bridgehead atoms. The number of hydrogen-bond acceptors (Lipinski definition) is 4. The number of halogens is 1. The van der Waals surface area contributed by atoms with Gasteiger partial charge in [-0.3, -0.25) is 9.78 Å². The largest absolute Gasteiger partial charge is 0.481 e. The van der Waals surface area contributed by atoms with Gasteiger partial charge in [0.05, 0.1) is 17.5 Å². The molecular formula is C34H36ClNO3S. The molecule has 1 aliphatic carbocycles. The maximum Gasteiger partial charge on any atom is 0.304 e. The lowest BCUT2D eigenvalue weighted by Crippen LogP contribution is -2.18. The summed E-state index contributed by atoms with van der Waals surface area (Å²) in [5.41, 5.74) is 5.60. The Morgan fingerprint density at radius 3 is 2.52 bits per heavy atom. The van der Waals surface area contributed by atoms with Gasteiger partial charge < -0.3 is 10.2 Å². The summed E-state index contributed by atoms with van der Waals surface area (Å²) in [6, 6.07) is 26.8. The summed E-state index contributed by atoms with van der Waals surface area (Å²) >= 11 is 8.01. The predicted molar refractivity (Wildman–Crippen MR) is 165 cm³/mol. The lowest BCUT2D eigenvalue weighted by molar-refractivity contribution is -0.137. The van der Waals surface area contributed by atoms with Crippen molar-refractivity contribution in [2.24, 2.45) is 0 Å². The van der Waals surface area contributed by atoms with Crippen LogP contribution in [0.4, 0.5) is 0 Å². The topological polar surface area (TPSA) is 70.4 Å². The number of thioether (sulfide) groups is 1. The van der Waals surface area contributed by atoms with Crippen LogP contribution in [0.2, 0.25) is 5.02 Å². The Morgan fingerprint density at radius 2 is 1.77 bits per heavy atom. The van der Waals surface area contributed by atoms with Crippen molar-refractivity contribution in [1.82, 2.24) is 4.98 Å². The number of fused-ring (bicyclic) bond motifs is 1. The normalized spacial score (nSPS) is 15.2. The van der Waals surface area contributed by atoms with E-state index in [9.17, 15) is 15.0 Å². The maximum absolute atomic E-state index is 11.6. The first-order valence-electron chi connectivity index (χ1n) is 13.9. The zero-order valence-corrected chi connectivity index (χ0v) is 24.6. The summed E-state index contributed by atoms with van der Waals surface area (Å²) in [5.74, 6) is -0.728. The number of rotatable bonds is 12. The van der Waals surface area contributed by atoms with Crippen LogP contribution in [-0.4, -0.2) is 25.9 Å². The molecule has 1 atom stereocenters. The highest BCUT2D eigenvalue weighted by Gasteiger charge is 2.47. The molecule has 1 unspecified atom stereocenters. The molecule has 2 N–H and O–H groups in total. The average Bonchev–Trinajstić information content (AvgIpc) is 3.67. The van der Waals surface area contributed by atoms with Gasteiger partial charge in [0.25, 0.3) is 0 Å². The summed E-state index contributed by atoms with van der Waals surface area (Å²) < 4.78 is -0.182. The third-order valence-corrected chi connectivity index (χ3v) is 9.81. The molecule has 0 aliphatic heterocycles. The van der Waals surface area contributed by atoms with Crippen LogP contribution < -0.4 is 0 Å². The number of aliphatic hydroxyl groups is 1. The third kappa shape index (κ3) is 7.25. The molecular weight excluding hydrogens is 538 g/mol. The SMILES string of the molecule is CC(C)(O)c1ccccc1CCC(SC1(CC(=O)O)CC1)c1cccc(CCc2ccc3ccc(Cl)cc3n2)c1. The second kappa shape index (κ2) is 11.9. The number of nitrogens with zero attached hydrogens (tertiary/aromatic N) is 1. The number of hydrogen-bond donors (Lipinski definition) is 2. The standard InChI is InChI=1S/C34H36ClNO3S/c1-33(2,39)29-9-4-3-7-24(29)13-17-31(40-34(18-19-34)22-32(37)38)26-8-5-6-23(20-26)10-15-28-16-12-25-11-14-27(35)21-30(25)36-28/h3-9,11-12,14,16,20-21,31,39H,10,13,15,17-19,22H2,1-2H3,(H,37,38). The van der Waals surface area contributed by atoms with Gasteiger partial charge in [0, 0.05) is 26.1 Å². The van der Waals surface area contributed by atoms with E-state index in [4.69, 9.17) is 16.6 Å². The van der Waals surface area contributed by atoms with Gasteiger partial charge in [0.15, 0.2) is 0 Å². The molecule has 0 amide bonds. The molecule has 0 radical (unpaired) electrons. The molecule has 1 aromatic heterocycles. The number of pyridine rings is 1. The van der Waals surface area contributed by atoms with Crippen LogP contribution in [-0.2, 0) is 29.7 Å². The zero-order chi connectivity index (χ0) is 28.3. The molecule has 6 heteroatoms. The smallest absolute Gasteiger partial charge is 0.304 e. The molecule has 4 nitrogen and oxygen atoms in total. The predicted octanol–water partition coefficient (Wildman–Crippen LogP) is 8.32. The fourth-order valence-electron chi connectivity index (χ4n) is 5.46. The first-order chi connectivity index (χ1) is 19.1. The van der Waals surface area contributed by atoms with Crippen molar-refractivity contribution in [2.75, 3.05) is 0 Å². The molecule has 1 saturated carbocycles. The van der Waals surface area contributed by atoms with Gasteiger partial charge in [0.2, 0.25) is 0 Å². The Morgan fingerprint density at radius 1 is 1.00 bits per heavy atom. The lowest BCUT2D eigenvalue weighted by Gasteiger charge is -2.25. The minimum absolute atomic E-state index is 0.164. The van der Waals surface area contributed by atoms with E-state index in [1.807, 2.05) is 62.0 Å². The number of carboxylic acid groups (broad SMARTS) is 1. The summed E-state index contributed by atoms with van der Waals surface area (Å²) in [4.78, 5) is 16.4. The van der Waals surface area contributed by atoms with E-state index >= 15 is 0 Å². The molecule has 0 spiro atoms. The van der Waals surface area contributed by atoms with Crippen molar-refractivity contribution in [1.29, 1.82) is 0 Å². The van der Waals surface area contributed by atoms with Gasteiger partial charge >= 0.3 is 5.97 Å². The van der Waals surface area contributed by atoms with Crippen molar-refractivity contribution >= 4 is 40.2 Å². The highest BCUT2D eigenvalue weighted by atomic mass is 35.5. The second-order valence-corrected chi connectivity index (χ2v) is 13.6. The Balaban J connectivity index is 1.35. The van der Waals surface area contributed by atoms with Gasteiger partial charge in [0.1, 0.15) is 0 Å². The van der Waals surface area contributed by atoms with E-state index in [0.717, 1.165) is 66.2 Å². The molecule has 1 fully saturated rings. The Hall–Kier alpha value is -2.86. The van der Waals surface area contributed by atoms with E-state index in [1.54, 1.807) is 0 Å². The van der Waals surface area contributed by atoms with Crippen molar-refractivity contribution < 1.29 is 15.0 Å². The fourth-order valence-corrected chi connectivity index (χ4v) is 7.29. The Bertz CT molecular complexity index is 1510. The van der Waals surface area contributed by atoms with Crippen LogP contribution in [0.5, 0.6) is 0 Å². The summed E-state index contributed by atoms with van der Waals surface area (Å²) in [6.07, 6.45) is 5.46. The molecule has 1 heterocycles. The molecule has 5 rings (SSSR count). The number of carboxylic acids is 1. The van der Waals surface area contributed by atoms with Crippen LogP contribution in [0, 0.1) is 0 Å². The molecule has 1 aliphatic rings. The first-order valence-corrected chi connectivity index (χ1v) is 15.2.